The van der Waals surface area contributed by atoms with Crippen LogP contribution < -0.4 is 5.56 Å². The molecule has 0 radical (unpaired) electrons. The van der Waals surface area contributed by atoms with Crippen molar-refractivity contribution in [3.63, 3.8) is 0 Å². The van der Waals surface area contributed by atoms with Crippen LogP contribution in [0.15, 0.2) is 39.5 Å². The minimum atomic E-state index is -0.103. The fourth-order valence-electron chi connectivity index (χ4n) is 2.81. The predicted molar refractivity (Wildman–Crippen MR) is 82.8 cm³/mol. The average Bonchev–Trinajstić information content (AvgIpc) is 3.27. The molecule has 1 fully saturated rings. The summed E-state index contributed by atoms with van der Waals surface area (Å²) < 4.78 is 5.74. The molecule has 1 atom stereocenters. The number of nitrogens with one attached hydrogen (secondary N) is 1. The lowest BCUT2D eigenvalue weighted by molar-refractivity contribution is 0.413. The summed E-state index contributed by atoms with van der Waals surface area (Å²) in [6.07, 6.45) is 2.84. The molecule has 112 valence electrons. The molecule has 0 bridgehead atoms. The van der Waals surface area contributed by atoms with Crippen LogP contribution >= 0.6 is 0 Å². The van der Waals surface area contributed by atoms with Crippen molar-refractivity contribution < 1.29 is 4.42 Å². The van der Waals surface area contributed by atoms with Crippen LogP contribution in [-0.2, 0) is 6.42 Å². The quantitative estimate of drug-likeness (QED) is 0.803. The smallest absolute Gasteiger partial charge is 0.252 e. The Bertz CT molecular complexity index is 877. The van der Waals surface area contributed by atoms with Gasteiger partial charge in [0.05, 0.1) is 6.42 Å². The van der Waals surface area contributed by atoms with Crippen LogP contribution in [-0.4, -0.2) is 15.2 Å². The highest BCUT2D eigenvalue weighted by Crippen LogP contribution is 2.41. The Morgan fingerprint density at radius 3 is 2.95 bits per heavy atom. The van der Waals surface area contributed by atoms with Crippen molar-refractivity contribution in [3.05, 3.63) is 58.0 Å². The third-order valence-corrected chi connectivity index (χ3v) is 4.37. The molecule has 3 aromatic rings. The molecule has 0 amide bonds. The number of nitrogens with zero attached hydrogens (tertiary/aromatic N) is 2. The molecular formula is C17H17N3O2. The summed E-state index contributed by atoms with van der Waals surface area (Å²) in [6, 6.07) is 9.61. The first-order valence-electron chi connectivity index (χ1n) is 7.64. The lowest BCUT2D eigenvalue weighted by Gasteiger charge is -2.02. The molecule has 1 saturated carbocycles. The first-order valence-corrected chi connectivity index (χ1v) is 7.64. The molecular weight excluding hydrogens is 278 g/mol. The van der Waals surface area contributed by atoms with Crippen molar-refractivity contribution in [2.45, 2.75) is 32.1 Å². The van der Waals surface area contributed by atoms with E-state index in [0.717, 1.165) is 10.9 Å². The second-order valence-corrected chi connectivity index (χ2v) is 6.05. The molecule has 5 nitrogen and oxygen atoms in total. The lowest BCUT2D eigenvalue weighted by atomic mass is 10.1. The van der Waals surface area contributed by atoms with Crippen molar-refractivity contribution in [1.29, 1.82) is 0 Å². The third kappa shape index (κ3) is 2.43. The van der Waals surface area contributed by atoms with Gasteiger partial charge in [0.1, 0.15) is 0 Å². The molecule has 22 heavy (non-hydrogen) atoms. The molecule has 1 aromatic carbocycles. The van der Waals surface area contributed by atoms with Gasteiger partial charge in [0.2, 0.25) is 11.8 Å². The predicted octanol–water partition coefficient (Wildman–Crippen LogP) is 3.02. The number of benzene rings is 1. The zero-order chi connectivity index (χ0) is 15.1. The van der Waals surface area contributed by atoms with E-state index in [2.05, 4.69) is 22.1 Å². The second-order valence-electron chi connectivity index (χ2n) is 6.05. The Morgan fingerprint density at radius 1 is 1.32 bits per heavy atom. The number of pyridine rings is 1. The van der Waals surface area contributed by atoms with Crippen molar-refractivity contribution in [2.24, 2.45) is 5.92 Å². The van der Waals surface area contributed by atoms with Gasteiger partial charge in [-0.2, -0.15) is 0 Å². The first-order chi connectivity index (χ1) is 10.7. The molecule has 0 aliphatic heterocycles. The summed E-state index contributed by atoms with van der Waals surface area (Å²) in [5.74, 6) is 2.19. The maximum absolute atomic E-state index is 12.2. The van der Waals surface area contributed by atoms with E-state index in [0.29, 0.717) is 35.6 Å². The van der Waals surface area contributed by atoms with Gasteiger partial charge >= 0.3 is 0 Å². The summed E-state index contributed by atoms with van der Waals surface area (Å²) in [5, 5.41) is 9.23. The minimum Gasteiger partial charge on any atom is -0.425 e. The highest BCUT2D eigenvalue weighted by molar-refractivity contribution is 5.78. The second kappa shape index (κ2) is 5.09. The molecule has 2 heterocycles. The number of fused-ring (bicyclic) bond motifs is 1. The SMILES string of the molecule is CC(c1nnc(Cc2cc3ccccc3[nH]c2=O)o1)C1CC1. The van der Waals surface area contributed by atoms with Crippen LogP contribution in [0.5, 0.6) is 0 Å². The third-order valence-electron chi connectivity index (χ3n) is 4.37. The molecule has 1 aliphatic carbocycles. The standard InChI is InChI=1S/C17H17N3O2/c1-10(11-6-7-11)17-20-19-15(22-17)9-13-8-12-4-2-3-5-14(12)18-16(13)21/h2-5,8,10-11H,6-7,9H2,1H3,(H,18,21). The van der Waals surface area contributed by atoms with Gasteiger partial charge in [-0.3, -0.25) is 4.79 Å². The Kier molecular flexibility index (Phi) is 3.06. The van der Waals surface area contributed by atoms with Crippen molar-refractivity contribution in [2.75, 3.05) is 0 Å². The zero-order valence-electron chi connectivity index (χ0n) is 12.4. The van der Waals surface area contributed by atoms with Gasteiger partial charge in [-0.1, -0.05) is 25.1 Å². The number of H-pyrrole nitrogens is 1. The van der Waals surface area contributed by atoms with E-state index in [4.69, 9.17) is 4.42 Å². The number of aromatic nitrogens is 3. The molecule has 0 saturated heterocycles. The molecule has 2 aromatic heterocycles. The average molecular weight is 295 g/mol. The van der Waals surface area contributed by atoms with E-state index in [1.54, 1.807) is 0 Å². The summed E-state index contributed by atoms with van der Waals surface area (Å²) >= 11 is 0. The molecule has 1 unspecified atom stereocenters. The van der Waals surface area contributed by atoms with Crippen molar-refractivity contribution in [3.8, 4) is 0 Å². The van der Waals surface area contributed by atoms with Gasteiger partial charge in [0.25, 0.3) is 5.56 Å². The van der Waals surface area contributed by atoms with Crippen LogP contribution in [0.3, 0.4) is 0 Å². The van der Waals surface area contributed by atoms with Crippen LogP contribution in [0.1, 0.15) is 43.0 Å². The molecule has 1 aliphatic rings. The largest absolute Gasteiger partial charge is 0.425 e. The Balaban J connectivity index is 1.63. The number of aromatic amines is 1. The lowest BCUT2D eigenvalue weighted by Crippen LogP contribution is -2.12. The van der Waals surface area contributed by atoms with E-state index < -0.39 is 0 Å². The van der Waals surface area contributed by atoms with Crippen LogP contribution in [0.4, 0.5) is 0 Å². The van der Waals surface area contributed by atoms with Gasteiger partial charge in [0, 0.05) is 17.0 Å². The highest BCUT2D eigenvalue weighted by Gasteiger charge is 2.32. The van der Waals surface area contributed by atoms with E-state index in [9.17, 15) is 4.79 Å². The monoisotopic (exact) mass is 295 g/mol. The minimum absolute atomic E-state index is 0.103. The summed E-state index contributed by atoms with van der Waals surface area (Å²) in [4.78, 5) is 15.0. The molecule has 0 spiro atoms. The van der Waals surface area contributed by atoms with Crippen LogP contribution in [0.2, 0.25) is 0 Å². The van der Waals surface area contributed by atoms with Crippen molar-refractivity contribution >= 4 is 10.9 Å². The first kappa shape index (κ1) is 13.2. The highest BCUT2D eigenvalue weighted by atomic mass is 16.4. The van der Waals surface area contributed by atoms with Gasteiger partial charge in [0.15, 0.2) is 0 Å². The number of hydrogen-bond donors (Lipinski definition) is 1. The maximum atomic E-state index is 12.2. The number of para-hydroxylation sites is 1. The number of hydrogen-bond acceptors (Lipinski definition) is 4. The summed E-state index contributed by atoms with van der Waals surface area (Å²) in [7, 11) is 0. The molecule has 1 N–H and O–H groups in total. The van der Waals surface area contributed by atoms with E-state index in [1.807, 2.05) is 30.3 Å². The zero-order valence-corrected chi connectivity index (χ0v) is 12.4. The fraction of sp³-hybridized carbons (Fsp3) is 0.353. The van der Waals surface area contributed by atoms with Gasteiger partial charge in [-0.15, -0.1) is 10.2 Å². The maximum Gasteiger partial charge on any atom is 0.252 e. The summed E-state index contributed by atoms with van der Waals surface area (Å²) in [6.45, 7) is 2.12. The normalized spacial score (nSPS) is 16.0. The Hall–Kier alpha value is -2.43. The topological polar surface area (TPSA) is 71.8 Å². The van der Waals surface area contributed by atoms with Gasteiger partial charge in [-0.25, -0.2) is 0 Å². The van der Waals surface area contributed by atoms with Crippen LogP contribution in [0.25, 0.3) is 10.9 Å². The van der Waals surface area contributed by atoms with E-state index >= 15 is 0 Å². The van der Waals surface area contributed by atoms with Gasteiger partial charge < -0.3 is 9.40 Å². The van der Waals surface area contributed by atoms with Crippen LogP contribution in [0, 0.1) is 5.92 Å². The summed E-state index contributed by atoms with van der Waals surface area (Å²) in [5.41, 5.74) is 1.38. The van der Waals surface area contributed by atoms with Crippen molar-refractivity contribution in [1.82, 2.24) is 15.2 Å². The Morgan fingerprint density at radius 2 is 2.14 bits per heavy atom. The van der Waals surface area contributed by atoms with Gasteiger partial charge in [-0.05, 0) is 36.3 Å². The fourth-order valence-corrected chi connectivity index (χ4v) is 2.81. The molecule has 5 heteroatoms. The van der Waals surface area contributed by atoms with E-state index in [-0.39, 0.29) is 5.56 Å². The number of rotatable bonds is 4. The Labute approximate surface area is 127 Å². The van der Waals surface area contributed by atoms with E-state index in [1.165, 1.54) is 12.8 Å². The molecule has 4 rings (SSSR count).